The van der Waals surface area contributed by atoms with Crippen molar-refractivity contribution in [3.8, 4) is 11.3 Å². The van der Waals surface area contributed by atoms with E-state index in [-0.39, 0.29) is 5.91 Å². The fourth-order valence-corrected chi connectivity index (χ4v) is 4.13. The van der Waals surface area contributed by atoms with Crippen LogP contribution in [0.3, 0.4) is 0 Å². The summed E-state index contributed by atoms with van der Waals surface area (Å²) in [6.45, 7) is 10.2. The molecule has 8 heteroatoms. The minimum absolute atomic E-state index is 0.0474. The Kier molecular flexibility index (Phi) is 7.79. The molecule has 0 aliphatic heterocycles. The number of allylic oxidation sites excluding steroid dienone is 1. The fraction of sp³-hybridized carbons (Fsp3) is 0.480. The topological polar surface area (TPSA) is 83.6 Å². The summed E-state index contributed by atoms with van der Waals surface area (Å²) in [6.07, 6.45) is 2.81. The van der Waals surface area contributed by atoms with E-state index < -0.39 is 11.7 Å². The molecule has 0 spiro atoms. The summed E-state index contributed by atoms with van der Waals surface area (Å²) in [4.78, 5) is 30.1. The van der Waals surface area contributed by atoms with E-state index in [0.29, 0.717) is 13.1 Å². The largest absolute Gasteiger partial charge is 0.444 e. The second-order valence-corrected chi connectivity index (χ2v) is 10.3. The summed E-state index contributed by atoms with van der Waals surface area (Å²) >= 11 is 1.54. The lowest BCUT2D eigenvalue weighted by Crippen LogP contribution is -2.35. The second kappa shape index (κ2) is 10.4. The molecule has 1 aromatic carbocycles. The Morgan fingerprint density at radius 1 is 1.24 bits per heavy atom. The van der Waals surface area contributed by atoms with Crippen LogP contribution in [0.15, 0.2) is 34.8 Å². The third-order valence-electron chi connectivity index (χ3n) is 5.54. The first kappa shape index (κ1) is 24.8. The molecule has 1 aliphatic rings. The number of amides is 2. The molecule has 2 aromatic rings. The molecular formula is C25H34N4O3S. The molecule has 2 N–H and O–H groups in total. The average molecular weight is 471 g/mol. The number of nitrogens with one attached hydrogen (secondary N) is 2. The van der Waals surface area contributed by atoms with Crippen LogP contribution in [0.1, 0.15) is 58.1 Å². The van der Waals surface area contributed by atoms with Gasteiger partial charge in [0, 0.05) is 37.2 Å². The third-order valence-corrected chi connectivity index (χ3v) is 6.30. The van der Waals surface area contributed by atoms with Crippen LogP contribution in [-0.2, 0) is 16.1 Å². The highest BCUT2D eigenvalue weighted by molar-refractivity contribution is 7.14. The van der Waals surface area contributed by atoms with Crippen LogP contribution in [0.5, 0.6) is 0 Å². The first-order chi connectivity index (χ1) is 15.5. The normalized spacial score (nSPS) is 13.2. The van der Waals surface area contributed by atoms with Gasteiger partial charge in [-0.1, -0.05) is 12.1 Å². The summed E-state index contributed by atoms with van der Waals surface area (Å²) in [6, 6.07) is 6.21. The molecule has 0 unspecified atom stereocenters. The van der Waals surface area contributed by atoms with Crippen LogP contribution in [0, 0.1) is 6.92 Å². The summed E-state index contributed by atoms with van der Waals surface area (Å²) in [7, 11) is 1.81. The van der Waals surface area contributed by atoms with Gasteiger partial charge in [-0.15, -0.1) is 11.3 Å². The fourth-order valence-electron chi connectivity index (χ4n) is 3.38. The molecule has 7 nitrogen and oxygen atoms in total. The molecule has 3 rings (SSSR count). The Hall–Kier alpha value is -2.87. The van der Waals surface area contributed by atoms with Crippen LogP contribution >= 0.6 is 11.3 Å². The lowest BCUT2D eigenvalue weighted by atomic mass is 9.90. The number of rotatable bonds is 7. The average Bonchev–Trinajstić information content (AvgIpc) is 3.13. The van der Waals surface area contributed by atoms with E-state index in [2.05, 4.69) is 29.7 Å². The van der Waals surface area contributed by atoms with Gasteiger partial charge in [-0.2, -0.15) is 0 Å². The van der Waals surface area contributed by atoms with Crippen molar-refractivity contribution in [3.05, 3.63) is 46.0 Å². The molecule has 0 saturated heterocycles. The van der Waals surface area contributed by atoms with E-state index in [9.17, 15) is 9.59 Å². The molecule has 1 aliphatic carbocycles. The smallest absolute Gasteiger partial charge is 0.407 e. The monoisotopic (exact) mass is 470 g/mol. The predicted octanol–water partition coefficient (Wildman–Crippen LogP) is 5.47. The van der Waals surface area contributed by atoms with Gasteiger partial charge in [-0.05, 0) is 69.7 Å². The number of carbonyl (C=O) groups is 2. The number of carbonyl (C=O) groups excluding carboxylic acids is 2. The number of hydrogen-bond acceptors (Lipinski definition) is 6. The highest BCUT2D eigenvalue weighted by atomic mass is 32.1. The number of ether oxygens (including phenoxy) is 1. The molecule has 2 amide bonds. The Morgan fingerprint density at radius 3 is 2.55 bits per heavy atom. The maximum absolute atomic E-state index is 12.1. The van der Waals surface area contributed by atoms with E-state index in [1.807, 2.05) is 32.2 Å². The molecule has 0 radical (unpaired) electrons. The van der Waals surface area contributed by atoms with E-state index >= 15 is 0 Å². The lowest BCUT2D eigenvalue weighted by molar-refractivity contribution is -0.128. The van der Waals surface area contributed by atoms with E-state index in [1.54, 1.807) is 30.2 Å². The summed E-state index contributed by atoms with van der Waals surface area (Å²) in [5, 5.41) is 9.10. The van der Waals surface area contributed by atoms with E-state index in [0.717, 1.165) is 46.1 Å². The number of nitrogens with zero attached hydrogens (tertiary/aromatic N) is 2. The molecule has 1 aromatic heterocycles. The number of benzene rings is 1. The Balaban J connectivity index is 1.68. The van der Waals surface area contributed by atoms with Crippen LogP contribution in [0.25, 0.3) is 11.3 Å². The third kappa shape index (κ3) is 7.05. The minimum Gasteiger partial charge on any atom is -0.444 e. The Labute approximate surface area is 200 Å². The van der Waals surface area contributed by atoms with Crippen LogP contribution < -0.4 is 10.6 Å². The number of aryl methyl sites for hydroxylation is 1. The molecule has 0 atom stereocenters. The van der Waals surface area contributed by atoms with Gasteiger partial charge in [0.05, 0.1) is 12.2 Å². The summed E-state index contributed by atoms with van der Waals surface area (Å²) < 4.78 is 5.35. The Bertz CT molecular complexity index is 1050. The Morgan fingerprint density at radius 2 is 1.97 bits per heavy atom. The maximum Gasteiger partial charge on any atom is 0.407 e. The first-order valence-corrected chi connectivity index (χ1v) is 12.1. The SMILES string of the molecule is CC(=O)N(C)Cc1ccc(-c2csc(NC(CNC(=O)OC(C)(C)C)=C3CCC3)n2)cc1C. The highest BCUT2D eigenvalue weighted by Crippen LogP contribution is 2.32. The van der Waals surface area contributed by atoms with Crippen molar-refractivity contribution < 1.29 is 14.3 Å². The summed E-state index contributed by atoms with van der Waals surface area (Å²) in [5.41, 5.74) is 5.97. The molecule has 33 heavy (non-hydrogen) atoms. The van der Waals surface area contributed by atoms with Gasteiger partial charge in [0.15, 0.2) is 5.13 Å². The van der Waals surface area contributed by atoms with Crippen molar-refractivity contribution in [1.82, 2.24) is 15.2 Å². The highest BCUT2D eigenvalue weighted by Gasteiger charge is 2.19. The van der Waals surface area contributed by atoms with Crippen LogP contribution in [0.2, 0.25) is 0 Å². The maximum atomic E-state index is 12.1. The van der Waals surface area contributed by atoms with Gasteiger partial charge in [-0.25, -0.2) is 9.78 Å². The van der Waals surface area contributed by atoms with Gasteiger partial charge < -0.3 is 20.3 Å². The zero-order valence-electron chi connectivity index (χ0n) is 20.4. The van der Waals surface area contributed by atoms with Crippen molar-refractivity contribution >= 4 is 28.5 Å². The summed E-state index contributed by atoms with van der Waals surface area (Å²) in [5.74, 6) is 0.0474. The number of aromatic nitrogens is 1. The van der Waals surface area contributed by atoms with Crippen molar-refractivity contribution in [3.63, 3.8) is 0 Å². The molecule has 1 saturated carbocycles. The van der Waals surface area contributed by atoms with E-state index in [4.69, 9.17) is 9.72 Å². The van der Waals surface area contributed by atoms with Gasteiger partial charge in [0.25, 0.3) is 0 Å². The number of hydrogen-bond donors (Lipinski definition) is 2. The zero-order chi connectivity index (χ0) is 24.2. The van der Waals surface area contributed by atoms with Crippen molar-refractivity contribution in [2.75, 3.05) is 18.9 Å². The van der Waals surface area contributed by atoms with Crippen molar-refractivity contribution in [2.24, 2.45) is 0 Å². The number of anilines is 1. The predicted molar refractivity (Wildman–Crippen MR) is 133 cm³/mol. The van der Waals surface area contributed by atoms with Crippen LogP contribution in [0.4, 0.5) is 9.93 Å². The second-order valence-electron chi connectivity index (χ2n) is 9.47. The standard InChI is InChI=1S/C25H34N4O3S/c1-16-12-19(10-11-20(16)14-29(6)17(2)30)22-15-33-23(28-22)27-21(18-8-7-9-18)13-26-24(31)32-25(3,4)5/h10-12,15H,7-9,13-14H2,1-6H3,(H,26,31)(H,27,28). The van der Waals surface area contributed by atoms with Gasteiger partial charge in [0.1, 0.15) is 5.60 Å². The minimum atomic E-state index is -0.527. The quantitative estimate of drug-likeness (QED) is 0.560. The molecule has 1 heterocycles. The van der Waals surface area contributed by atoms with E-state index in [1.165, 1.54) is 12.0 Å². The first-order valence-electron chi connectivity index (χ1n) is 11.2. The van der Waals surface area contributed by atoms with Crippen molar-refractivity contribution in [1.29, 1.82) is 0 Å². The van der Waals surface area contributed by atoms with Crippen LogP contribution in [-0.4, -0.2) is 41.1 Å². The molecule has 0 bridgehead atoms. The molecule has 178 valence electrons. The number of thiazole rings is 1. The molecule has 1 fully saturated rings. The molecular weight excluding hydrogens is 436 g/mol. The lowest BCUT2D eigenvalue weighted by Gasteiger charge is -2.24. The van der Waals surface area contributed by atoms with Gasteiger partial charge >= 0.3 is 6.09 Å². The number of alkyl carbamates (subject to hydrolysis) is 1. The zero-order valence-corrected chi connectivity index (χ0v) is 21.2. The van der Waals surface area contributed by atoms with Crippen molar-refractivity contribution in [2.45, 2.75) is 66.0 Å². The van der Waals surface area contributed by atoms with Gasteiger partial charge in [-0.3, -0.25) is 4.79 Å². The van der Waals surface area contributed by atoms with Gasteiger partial charge in [0.2, 0.25) is 5.91 Å².